The second-order valence-corrected chi connectivity index (χ2v) is 7.56. The Kier molecular flexibility index (Phi) is 7.34. The zero-order valence-corrected chi connectivity index (χ0v) is 15.0. The second-order valence-electron chi connectivity index (χ2n) is 7.56. The molecule has 2 aliphatic carbocycles. The van der Waals surface area contributed by atoms with E-state index < -0.39 is 0 Å². The van der Waals surface area contributed by atoms with Gasteiger partial charge in [-0.1, -0.05) is 19.3 Å². The number of carbonyl (C=O) groups excluding carboxylic acids is 1. The molecule has 5 N–H and O–H groups in total. The topological polar surface area (TPSA) is 100 Å². The van der Waals surface area contributed by atoms with E-state index >= 15 is 0 Å². The number of esters is 1. The lowest BCUT2D eigenvalue weighted by atomic mass is 9.64. The summed E-state index contributed by atoms with van der Waals surface area (Å²) in [6, 6.07) is 0.164. The van der Waals surface area contributed by atoms with Gasteiger partial charge in [0.25, 0.3) is 0 Å². The predicted octanol–water partition coefficient (Wildman–Crippen LogP) is 2.27. The number of rotatable bonds is 7. The van der Waals surface area contributed by atoms with Crippen LogP contribution in [0.2, 0.25) is 0 Å². The first-order valence-corrected chi connectivity index (χ1v) is 9.46. The molecule has 0 radical (unpaired) electrons. The van der Waals surface area contributed by atoms with Gasteiger partial charge in [0.2, 0.25) is 0 Å². The Labute approximate surface area is 145 Å². The van der Waals surface area contributed by atoms with Gasteiger partial charge in [0.1, 0.15) is 6.04 Å². The quantitative estimate of drug-likeness (QED) is 0.247. The number of methoxy groups -OCH3 is 1. The first-order valence-electron chi connectivity index (χ1n) is 9.46. The molecule has 0 amide bonds. The third kappa shape index (κ3) is 5.65. The minimum atomic E-state index is -0.255. The van der Waals surface area contributed by atoms with Crippen LogP contribution in [-0.2, 0) is 9.53 Å². The van der Waals surface area contributed by atoms with E-state index in [2.05, 4.69) is 10.6 Å². The van der Waals surface area contributed by atoms with Crippen molar-refractivity contribution in [1.82, 2.24) is 10.6 Å². The molecule has 0 aliphatic heterocycles. The van der Waals surface area contributed by atoms with Gasteiger partial charge in [-0.2, -0.15) is 0 Å². The van der Waals surface area contributed by atoms with Crippen LogP contribution in [0.4, 0.5) is 0 Å². The third-order valence-electron chi connectivity index (χ3n) is 5.87. The normalized spacial score (nSPS) is 22.0. The van der Waals surface area contributed by atoms with Crippen molar-refractivity contribution in [2.75, 3.05) is 13.7 Å². The van der Waals surface area contributed by atoms with Crippen molar-refractivity contribution < 1.29 is 9.53 Å². The highest BCUT2D eigenvalue weighted by molar-refractivity contribution is 5.75. The van der Waals surface area contributed by atoms with Crippen molar-refractivity contribution in [2.45, 2.75) is 82.7 Å². The van der Waals surface area contributed by atoms with E-state index in [4.69, 9.17) is 15.9 Å². The van der Waals surface area contributed by atoms with Crippen LogP contribution in [0.3, 0.4) is 0 Å². The predicted molar refractivity (Wildman–Crippen MR) is 95.9 cm³/mol. The van der Waals surface area contributed by atoms with Crippen LogP contribution < -0.4 is 16.4 Å². The molecule has 0 aromatic carbocycles. The molecule has 24 heavy (non-hydrogen) atoms. The smallest absolute Gasteiger partial charge is 0.322 e. The summed E-state index contributed by atoms with van der Waals surface area (Å²) in [5, 5.41) is 13.5. The number of guanidine groups is 1. The highest BCUT2D eigenvalue weighted by Crippen LogP contribution is 2.47. The minimum Gasteiger partial charge on any atom is -0.468 e. The van der Waals surface area contributed by atoms with Gasteiger partial charge in [0.15, 0.2) is 5.96 Å². The van der Waals surface area contributed by atoms with Crippen molar-refractivity contribution in [3.8, 4) is 0 Å². The molecule has 0 bridgehead atoms. The Morgan fingerprint density at radius 2 is 1.92 bits per heavy atom. The van der Waals surface area contributed by atoms with Crippen LogP contribution in [0.15, 0.2) is 0 Å². The summed E-state index contributed by atoms with van der Waals surface area (Å²) in [6.07, 6.45) is 13.4. The highest BCUT2D eigenvalue weighted by atomic mass is 16.5. The van der Waals surface area contributed by atoms with Crippen molar-refractivity contribution in [3.05, 3.63) is 0 Å². The molecule has 0 saturated heterocycles. The van der Waals surface area contributed by atoms with Crippen LogP contribution in [-0.4, -0.2) is 37.7 Å². The number of ether oxygens (including phenoxy) is 1. The van der Waals surface area contributed by atoms with E-state index in [-0.39, 0.29) is 18.0 Å². The van der Waals surface area contributed by atoms with Gasteiger partial charge in [0, 0.05) is 12.6 Å². The van der Waals surface area contributed by atoms with Crippen LogP contribution in [0.1, 0.15) is 70.6 Å². The molecule has 0 aromatic heterocycles. The zero-order chi connectivity index (χ0) is 17.4. The molecule has 6 nitrogen and oxygen atoms in total. The van der Waals surface area contributed by atoms with Crippen LogP contribution in [0.25, 0.3) is 0 Å². The largest absolute Gasteiger partial charge is 0.468 e. The molecule has 0 heterocycles. The average Bonchev–Trinajstić information content (AvgIpc) is 2.59. The van der Waals surface area contributed by atoms with Gasteiger partial charge in [-0.25, -0.2) is 0 Å². The molecule has 0 aromatic rings. The van der Waals surface area contributed by atoms with E-state index in [1.165, 1.54) is 64.9 Å². The Morgan fingerprint density at radius 1 is 1.25 bits per heavy atom. The lowest BCUT2D eigenvalue weighted by Gasteiger charge is -2.43. The van der Waals surface area contributed by atoms with Gasteiger partial charge in [0.05, 0.1) is 7.11 Å². The first-order chi connectivity index (χ1) is 11.5. The van der Waals surface area contributed by atoms with Crippen LogP contribution in [0, 0.1) is 10.8 Å². The average molecular weight is 338 g/mol. The zero-order valence-electron chi connectivity index (χ0n) is 15.0. The van der Waals surface area contributed by atoms with E-state index in [1.807, 2.05) is 0 Å². The summed E-state index contributed by atoms with van der Waals surface area (Å²) in [5.41, 5.74) is 5.88. The van der Waals surface area contributed by atoms with Crippen molar-refractivity contribution >= 4 is 11.9 Å². The maximum atomic E-state index is 12.0. The molecular weight excluding hydrogens is 304 g/mol. The highest BCUT2D eigenvalue weighted by Gasteiger charge is 2.37. The summed E-state index contributed by atoms with van der Waals surface area (Å²) in [7, 11) is 1.45. The Morgan fingerprint density at radius 3 is 2.50 bits per heavy atom. The lowest BCUT2D eigenvalue weighted by molar-refractivity contribution is -0.143. The van der Waals surface area contributed by atoms with Gasteiger partial charge >= 0.3 is 5.97 Å². The molecular formula is C18H34N4O2. The molecule has 1 atom stereocenters. The molecule has 138 valence electrons. The summed E-state index contributed by atoms with van der Waals surface area (Å²) >= 11 is 0. The van der Waals surface area contributed by atoms with Crippen LogP contribution >= 0.6 is 0 Å². The van der Waals surface area contributed by atoms with E-state index in [1.54, 1.807) is 0 Å². The number of carbonyl (C=O) groups is 1. The maximum absolute atomic E-state index is 12.0. The second kappa shape index (κ2) is 9.25. The Hall–Kier alpha value is -1.30. The van der Waals surface area contributed by atoms with Gasteiger partial charge in [-0.15, -0.1) is 0 Å². The minimum absolute atomic E-state index is 0.0253. The molecule has 2 fully saturated rings. The Bertz CT molecular complexity index is 411. The SMILES string of the molecule is COC(=O)[C@H](CCCNC(=N)N)NC1CCC2(CCCCC2)CC1. The van der Waals surface area contributed by atoms with Gasteiger partial charge in [-0.3, -0.25) is 10.2 Å². The summed E-state index contributed by atoms with van der Waals surface area (Å²) in [4.78, 5) is 12.0. The molecule has 2 rings (SSSR count). The Balaban J connectivity index is 1.77. The van der Waals surface area contributed by atoms with Crippen LogP contribution in [0.5, 0.6) is 0 Å². The van der Waals surface area contributed by atoms with Crippen molar-refractivity contribution in [2.24, 2.45) is 11.1 Å². The molecule has 2 aliphatic rings. The monoisotopic (exact) mass is 338 g/mol. The molecule has 2 saturated carbocycles. The van der Waals surface area contributed by atoms with Crippen molar-refractivity contribution in [3.63, 3.8) is 0 Å². The third-order valence-corrected chi connectivity index (χ3v) is 5.87. The lowest BCUT2D eigenvalue weighted by Crippen LogP contribution is -2.47. The van der Waals surface area contributed by atoms with Gasteiger partial charge in [-0.05, 0) is 56.8 Å². The maximum Gasteiger partial charge on any atom is 0.322 e. The van der Waals surface area contributed by atoms with E-state index in [9.17, 15) is 4.79 Å². The first kappa shape index (κ1) is 19.0. The van der Waals surface area contributed by atoms with E-state index in [0.717, 1.165) is 6.42 Å². The molecule has 6 heteroatoms. The number of hydrogen-bond acceptors (Lipinski definition) is 4. The summed E-state index contributed by atoms with van der Waals surface area (Å²) < 4.78 is 4.95. The fourth-order valence-electron chi connectivity index (χ4n) is 4.42. The van der Waals surface area contributed by atoms with E-state index in [0.29, 0.717) is 24.4 Å². The number of hydrogen-bond donors (Lipinski definition) is 4. The van der Waals surface area contributed by atoms with Crippen molar-refractivity contribution in [1.29, 1.82) is 5.41 Å². The van der Waals surface area contributed by atoms with Gasteiger partial charge < -0.3 is 21.1 Å². The molecule has 0 unspecified atom stereocenters. The number of nitrogens with one attached hydrogen (secondary N) is 3. The number of nitrogens with two attached hydrogens (primary N) is 1. The summed E-state index contributed by atoms with van der Waals surface area (Å²) in [6.45, 7) is 0.609. The molecule has 1 spiro atoms. The fourth-order valence-corrected chi connectivity index (χ4v) is 4.42. The summed E-state index contributed by atoms with van der Waals surface area (Å²) in [5.74, 6) is -0.210. The standard InChI is InChI=1S/C18H34N4O2/c1-24-16(23)15(6-5-13-21-17(19)20)22-14-7-11-18(12-8-14)9-3-2-4-10-18/h14-15,22H,2-13H2,1H3,(H4,19,20,21)/t15-/m0/s1. The fraction of sp³-hybridized carbons (Fsp3) is 0.889.